The SMILES string of the molecule is COc1ccc(/C(C)=N/NC(=O)CNC(=O)CCc2ccccc2)c(OC)c1. The third-order valence-corrected chi connectivity index (χ3v) is 4.08. The number of ether oxygens (including phenoxy) is 2. The summed E-state index contributed by atoms with van der Waals surface area (Å²) in [6.07, 6.45) is 0.950. The third-order valence-electron chi connectivity index (χ3n) is 4.08. The lowest BCUT2D eigenvalue weighted by Crippen LogP contribution is -2.35. The Morgan fingerprint density at radius 3 is 2.43 bits per heavy atom. The number of nitrogens with zero attached hydrogens (tertiary/aromatic N) is 1. The van der Waals surface area contributed by atoms with Crippen molar-refractivity contribution in [2.24, 2.45) is 5.10 Å². The lowest BCUT2D eigenvalue weighted by atomic mass is 10.1. The summed E-state index contributed by atoms with van der Waals surface area (Å²) >= 11 is 0. The molecule has 2 amide bonds. The van der Waals surface area contributed by atoms with Crippen LogP contribution in [0.3, 0.4) is 0 Å². The molecule has 0 unspecified atom stereocenters. The first-order chi connectivity index (χ1) is 13.5. The lowest BCUT2D eigenvalue weighted by molar-refractivity contribution is -0.126. The zero-order valence-electron chi connectivity index (χ0n) is 16.3. The number of amides is 2. The van der Waals surface area contributed by atoms with Gasteiger partial charge in [-0.15, -0.1) is 0 Å². The molecule has 2 aromatic rings. The quantitative estimate of drug-likeness (QED) is 0.514. The number of hydrogen-bond acceptors (Lipinski definition) is 5. The second-order valence-corrected chi connectivity index (χ2v) is 6.06. The van der Waals surface area contributed by atoms with Crippen LogP contribution < -0.4 is 20.2 Å². The summed E-state index contributed by atoms with van der Waals surface area (Å²) in [7, 11) is 3.12. The van der Waals surface area contributed by atoms with E-state index in [4.69, 9.17) is 9.47 Å². The van der Waals surface area contributed by atoms with Gasteiger partial charge in [-0.25, -0.2) is 5.43 Å². The van der Waals surface area contributed by atoms with E-state index in [2.05, 4.69) is 15.8 Å². The van der Waals surface area contributed by atoms with E-state index in [0.717, 1.165) is 11.1 Å². The number of aryl methyl sites for hydroxylation is 1. The average Bonchev–Trinajstić information content (AvgIpc) is 2.74. The van der Waals surface area contributed by atoms with Crippen molar-refractivity contribution in [3.05, 3.63) is 59.7 Å². The molecule has 0 heterocycles. The van der Waals surface area contributed by atoms with Crippen LogP contribution in [0.1, 0.15) is 24.5 Å². The number of hydrazone groups is 1. The monoisotopic (exact) mass is 383 g/mol. The summed E-state index contributed by atoms with van der Waals surface area (Å²) < 4.78 is 10.5. The van der Waals surface area contributed by atoms with Gasteiger partial charge in [0, 0.05) is 18.1 Å². The largest absolute Gasteiger partial charge is 0.497 e. The van der Waals surface area contributed by atoms with E-state index in [-0.39, 0.29) is 12.5 Å². The summed E-state index contributed by atoms with van der Waals surface area (Å²) in [4.78, 5) is 23.8. The van der Waals surface area contributed by atoms with E-state index >= 15 is 0 Å². The second kappa shape index (κ2) is 10.7. The number of hydrogen-bond donors (Lipinski definition) is 2. The van der Waals surface area contributed by atoms with Gasteiger partial charge in [-0.05, 0) is 31.0 Å². The minimum Gasteiger partial charge on any atom is -0.497 e. The van der Waals surface area contributed by atoms with E-state index in [0.29, 0.717) is 30.1 Å². The van der Waals surface area contributed by atoms with Crippen molar-refractivity contribution in [2.75, 3.05) is 20.8 Å². The van der Waals surface area contributed by atoms with Gasteiger partial charge in [-0.3, -0.25) is 9.59 Å². The van der Waals surface area contributed by atoms with Crippen LogP contribution >= 0.6 is 0 Å². The Morgan fingerprint density at radius 2 is 1.75 bits per heavy atom. The van der Waals surface area contributed by atoms with E-state index in [1.165, 1.54) is 0 Å². The highest BCUT2D eigenvalue weighted by Gasteiger charge is 2.09. The first-order valence-corrected chi connectivity index (χ1v) is 8.89. The highest BCUT2D eigenvalue weighted by molar-refractivity contribution is 6.01. The van der Waals surface area contributed by atoms with Crippen molar-refractivity contribution in [2.45, 2.75) is 19.8 Å². The van der Waals surface area contributed by atoms with Crippen LogP contribution in [0, 0.1) is 0 Å². The van der Waals surface area contributed by atoms with Gasteiger partial charge in [0.25, 0.3) is 5.91 Å². The van der Waals surface area contributed by atoms with Crippen molar-refractivity contribution < 1.29 is 19.1 Å². The molecule has 148 valence electrons. The van der Waals surface area contributed by atoms with Crippen LogP contribution in [0.2, 0.25) is 0 Å². The Labute approximate surface area is 164 Å². The molecule has 0 aliphatic heterocycles. The molecule has 0 saturated heterocycles. The molecule has 2 N–H and O–H groups in total. The van der Waals surface area contributed by atoms with Gasteiger partial charge in [-0.2, -0.15) is 5.10 Å². The minimum atomic E-state index is -0.403. The molecule has 2 rings (SSSR count). The van der Waals surface area contributed by atoms with Crippen molar-refractivity contribution >= 4 is 17.5 Å². The molecular weight excluding hydrogens is 358 g/mol. The molecule has 28 heavy (non-hydrogen) atoms. The van der Waals surface area contributed by atoms with Crippen molar-refractivity contribution in [3.63, 3.8) is 0 Å². The first kappa shape index (κ1) is 21.0. The Morgan fingerprint density at radius 1 is 1.00 bits per heavy atom. The Kier molecular flexibility index (Phi) is 8.02. The zero-order chi connectivity index (χ0) is 20.4. The van der Waals surface area contributed by atoms with Crippen LogP contribution in [-0.2, 0) is 16.0 Å². The number of benzene rings is 2. The normalized spacial score (nSPS) is 10.9. The van der Waals surface area contributed by atoms with Gasteiger partial charge < -0.3 is 14.8 Å². The smallest absolute Gasteiger partial charge is 0.259 e. The molecule has 0 aromatic heterocycles. The second-order valence-electron chi connectivity index (χ2n) is 6.06. The molecule has 0 bridgehead atoms. The molecule has 7 heteroatoms. The summed E-state index contributed by atoms with van der Waals surface area (Å²) in [5.41, 5.74) is 4.82. The van der Waals surface area contributed by atoms with E-state index in [1.807, 2.05) is 30.3 Å². The van der Waals surface area contributed by atoms with Crippen LogP contribution in [0.5, 0.6) is 11.5 Å². The van der Waals surface area contributed by atoms with Crippen LogP contribution in [0.4, 0.5) is 0 Å². The Balaban J connectivity index is 1.81. The molecule has 0 spiro atoms. The highest BCUT2D eigenvalue weighted by atomic mass is 16.5. The predicted molar refractivity (Wildman–Crippen MR) is 108 cm³/mol. The molecule has 0 aliphatic rings. The van der Waals surface area contributed by atoms with Crippen molar-refractivity contribution in [1.29, 1.82) is 0 Å². The maximum Gasteiger partial charge on any atom is 0.259 e. The van der Waals surface area contributed by atoms with E-state index in [9.17, 15) is 9.59 Å². The van der Waals surface area contributed by atoms with Crippen LogP contribution in [0.15, 0.2) is 53.6 Å². The fourth-order valence-electron chi connectivity index (χ4n) is 2.51. The van der Waals surface area contributed by atoms with Crippen LogP contribution in [-0.4, -0.2) is 38.3 Å². The van der Waals surface area contributed by atoms with Gasteiger partial charge in [0.2, 0.25) is 5.91 Å². The molecule has 7 nitrogen and oxygen atoms in total. The van der Waals surface area contributed by atoms with Crippen molar-refractivity contribution in [3.8, 4) is 11.5 Å². The van der Waals surface area contributed by atoms with Gasteiger partial charge in [0.1, 0.15) is 11.5 Å². The summed E-state index contributed by atoms with van der Waals surface area (Å²) in [6, 6.07) is 15.0. The third kappa shape index (κ3) is 6.42. The number of methoxy groups -OCH3 is 2. The molecule has 0 saturated carbocycles. The molecule has 0 fully saturated rings. The predicted octanol–water partition coefficient (Wildman–Crippen LogP) is 2.29. The van der Waals surface area contributed by atoms with Gasteiger partial charge >= 0.3 is 0 Å². The zero-order valence-corrected chi connectivity index (χ0v) is 16.3. The lowest BCUT2D eigenvalue weighted by Gasteiger charge is -2.10. The average molecular weight is 383 g/mol. The van der Waals surface area contributed by atoms with Crippen molar-refractivity contribution in [1.82, 2.24) is 10.7 Å². The summed E-state index contributed by atoms with van der Waals surface area (Å²) in [5.74, 6) is 0.663. The van der Waals surface area contributed by atoms with Gasteiger partial charge in [0.05, 0.1) is 26.5 Å². The molecule has 2 aromatic carbocycles. The van der Waals surface area contributed by atoms with E-state index in [1.54, 1.807) is 39.3 Å². The number of nitrogens with one attached hydrogen (secondary N) is 2. The number of carbonyl (C=O) groups excluding carboxylic acids is 2. The molecule has 0 atom stereocenters. The molecular formula is C21H25N3O4. The topological polar surface area (TPSA) is 89.0 Å². The fraction of sp³-hybridized carbons (Fsp3) is 0.286. The Hall–Kier alpha value is -3.35. The standard InChI is InChI=1S/C21H25N3O4/c1-15(18-11-10-17(27-2)13-19(18)28-3)23-24-21(26)14-22-20(25)12-9-16-7-5-4-6-8-16/h4-8,10-11,13H,9,12,14H2,1-3H3,(H,22,25)(H,24,26)/b23-15+. The number of carbonyl (C=O) groups is 2. The van der Waals surface area contributed by atoms with Gasteiger partial charge in [0.15, 0.2) is 0 Å². The maximum absolute atomic E-state index is 11.9. The Bertz CT molecular complexity index is 835. The molecule has 0 radical (unpaired) electrons. The summed E-state index contributed by atoms with van der Waals surface area (Å²) in [6.45, 7) is 1.62. The molecule has 0 aliphatic carbocycles. The maximum atomic E-state index is 11.9. The first-order valence-electron chi connectivity index (χ1n) is 8.89. The summed E-state index contributed by atoms with van der Waals surface area (Å²) in [5, 5.41) is 6.67. The highest BCUT2D eigenvalue weighted by Crippen LogP contribution is 2.24. The van der Waals surface area contributed by atoms with E-state index < -0.39 is 5.91 Å². The fourth-order valence-corrected chi connectivity index (χ4v) is 2.51. The van der Waals surface area contributed by atoms with Crippen LogP contribution in [0.25, 0.3) is 0 Å². The number of rotatable bonds is 9. The van der Waals surface area contributed by atoms with Gasteiger partial charge in [-0.1, -0.05) is 30.3 Å². The minimum absolute atomic E-state index is 0.135.